The van der Waals surface area contributed by atoms with Crippen LogP contribution in [0.15, 0.2) is 52.9 Å². The van der Waals surface area contributed by atoms with Gasteiger partial charge in [0.1, 0.15) is 18.5 Å². The summed E-state index contributed by atoms with van der Waals surface area (Å²) in [4.78, 5) is 9.06. The molecule has 8 nitrogen and oxygen atoms in total. The summed E-state index contributed by atoms with van der Waals surface area (Å²) in [5, 5.41) is 19.9. The van der Waals surface area contributed by atoms with Crippen LogP contribution in [-0.4, -0.2) is 75.5 Å². The number of nitrogens with zero attached hydrogens (tertiary/aromatic N) is 5. The van der Waals surface area contributed by atoms with Crippen LogP contribution >= 0.6 is 11.3 Å². The van der Waals surface area contributed by atoms with Crippen molar-refractivity contribution >= 4 is 21.6 Å². The van der Waals surface area contributed by atoms with E-state index in [0.29, 0.717) is 24.9 Å². The maximum Gasteiger partial charge on any atom is 0.247 e. The Morgan fingerprint density at radius 2 is 1.85 bits per heavy atom. The van der Waals surface area contributed by atoms with Crippen LogP contribution < -0.4 is 4.74 Å². The van der Waals surface area contributed by atoms with E-state index in [2.05, 4.69) is 25.0 Å². The Morgan fingerprint density at radius 1 is 1.06 bits per heavy atom. The largest absolute Gasteiger partial charge is 0.491 e. The van der Waals surface area contributed by atoms with Crippen molar-refractivity contribution in [2.24, 2.45) is 0 Å². The Hall–Kier alpha value is -2.85. The summed E-state index contributed by atoms with van der Waals surface area (Å²) in [5.74, 6) is 1.92. The molecule has 1 N–H and O–H groups in total. The molecule has 0 radical (unpaired) electrons. The van der Waals surface area contributed by atoms with Gasteiger partial charge in [0.15, 0.2) is 0 Å². The summed E-state index contributed by atoms with van der Waals surface area (Å²) >= 11 is 1.67. The van der Waals surface area contributed by atoms with Crippen LogP contribution in [0, 0.1) is 6.92 Å². The predicted octanol–water partition coefficient (Wildman–Crippen LogP) is 3.21. The zero-order chi connectivity index (χ0) is 22.6. The average Bonchev–Trinajstić information content (AvgIpc) is 3.45. The van der Waals surface area contributed by atoms with Crippen molar-refractivity contribution < 1.29 is 14.3 Å². The summed E-state index contributed by atoms with van der Waals surface area (Å²) in [5.41, 5.74) is 1.87. The molecule has 1 aliphatic rings. The zero-order valence-corrected chi connectivity index (χ0v) is 19.4. The van der Waals surface area contributed by atoms with E-state index >= 15 is 0 Å². The minimum atomic E-state index is -0.547. The number of hydrogen-bond acceptors (Lipinski definition) is 9. The Morgan fingerprint density at radius 3 is 2.67 bits per heavy atom. The Balaban J connectivity index is 1.05. The molecule has 1 aliphatic heterocycles. The van der Waals surface area contributed by atoms with Gasteiger partial charge in [-0.25, -0.2) is 4.98 Å². The lowest BCUT2D eigenvalue weighted by molar-refractivity contribution is 0.0431. The first kappa shape index (κ1) is 22.0. The quantitative estimate of drug-likeness (QED) is 0.424. The molecule has 2 aromatic heterocycles. The van der Waals surface area contributed by atoms with Crippen molar-refractivity contribution in [1.82, 2.24) is 25.0 Å². The fourth-order valence-electron chi connectivity index (χ4n) is 3.99. The number of rotatable bonds is 8. The first-order valence-corrected chi connectivity index (χ1v) is 11.9. The van der Waals surface area contributed by atoms with Crippen LogP contribution in [0.3, 0.4) is 0 Å². The molecule has 0 aliphatic carbocycles. The first-order valence-electron chi connectivity index (χ1n) is 11.1. The molecule has 172 valence electrons. The second-order valence-electron chi connectivity index (χ2n) is 8.27. The summed E-state index contributed by atoms with van der Waals surface area (Å²) in [7, 11) is 0. The molecule has 3 heterocycles. The fraction of sp³-hybridized carbons (Fsp3) is 0.375. The van der Waals surface area contributed by atoms with Gasteiger partial charge in [-0.3, -0.25) is 9.80 Å². The minimum absolute atomic E-state index is 0.263. The molecule has 1 atom stereocenters. The average molecular weight is 466 g/mol. The van der Waals surface area contributed by atoms with Crippen molar-refractivity contribution in [2.45, 2.75) is 19.6 Å². The van der Waals surface area contributed by atoms with Gasteiger partial charge in [0, 0.05) is 44.4 Å². The van der Waals surface area contributed by atoms with E-state index < -0.39 is 6.10 Å². The van der Waals surface area contributed by atoms with E-state index in [1.165, 1.54) is 0 Å². The van der Waals surface area contributed by atoms with Crippen molar-refractivity contribution in [3.63, 3.8) is 0 Å². The molecule has 0 bridgehead atoms. The van der Waals surface area contributed by atoms with Gasteiger partial charge in [0.05, 0.1) is 21.8 Å². The maximum absolute atomic E-state index is 10.5. The van der Waals surface area contributed by atoms with Crippen LogP contribution in [0.5, 0.6) is 5.75 Å². The number of aliphatic hydroxyl groups is 1. The summed E-state index contributed by atoms with van der Waals surface area (Å²) in [6, 6.07) is 15.7. The normalized spacial score (nSPS) is 16.3. The number of β-amino-alcohol motifs (C(OH)–C–C–N with tert-alkyl or cyclic N) is 1. The molecule has 33 heavy (non-hydrogen) atoms. The molecule has 0 spiro atoms. The Labute approximate surface area is 196 Å². The van der Waals surface area contributed by atoms with E-state index in [4.69, 9.17) is 9.15 Å². The van der Waals surface area contributed by atoms with Crippen molar-refractivity contribution in [3.8, 4) is 17.2 Å². The van der Waals surface area contributed by atoms with Gasteiger partial charge in [-0.1, -0.05) is 18.2 Å². The molecule has 2 aromatic carbocycles. The third kappa shape index (κ3) is 5.56. The third-order valence-electron chi connectivity index (χ3n) is 5.69. The van der Waals surface area contributed by atoms with Gasteiger partial charge in [-0.2, -0.15) is 0 Å². The molecule has 9 heteroatoms. The minimum Gasteiger partial charge on any atom is -0.491 e. The second kappa shape index (κ2) is 9.96. The predicted molar refractivity (Wildman–Crippen MR) is 127 cm³/mol. The number of benzene rings is 2. The topological polar surface area (TPSA) is 87.8 Å². The van der Waals surface area contributed by atoms with Crippen molar-refractivity contribution in [2.75, 3.05) is 39.3 Å². The number of piperazine rings is 1. The van der Waals surface area contributed by atoms with E-state index in [1.54, 1.807) is 11.3 Å². The number of fused-ring (bicyclic) bond motifs is 1. The number of aliphatic hydroxyl groups excluding tert-OH is 1. The molecular formula is C24H27N5O3S. The van der Waals surface area contributed by atoms with Gasteiger partial charge in [-0.15, -0.1) is 21.5 Å². The third-order valence-corrected chi connectivity index (χ3v) is 6.64. The van der Waals surface area contributed by atoms with E-state index in [0.717, 1.165) is 52.7 Å². The van der Waals surface area contributed by atoms with E-state index in [-0.39, 0.29) is 6.61 Å². The number of aryl methyl sites for hydroxylation is 1. The molecule has 0 unspecified atom stereocenters. The Bertz CT molecular complexity index is 1190. The van der Waals surface area contributed by atoms with E-state index in [9.17, 15) is 5.11 Å². The summed E-state index contributed by atoms with van der Waals surface area (Å²) in [6.45, 7) is 7.01. The highest BCUT2D eigenvalue weighted by Crippen LogP contribution is 2.25. The molecule has 0 saturated carbocycles. The summed E-state index contributed by atoms with van der Waals surface area (Å²) in [6.07, 6.45) is -0.547. The zero-order valence-electron chi connectivity index (χ0n) is 18.6. The highest BCUT2D eigenvalue weighted by atomic mass is 32.1. The number of hydrogen-bond donors (Lipinski definition) is 1. The number of thiazole rings is 1. The van der Waals surface area contributed by atoms with Crippen molar-refractivity contribution in [1.29, 1.82) is 0 Å². The van der Waals surface area contributed by atoms with E-state index in [1.807, 2.05) is 55.5 Å². The smallest absolute Gasteiger partial charge is 0.247 e. The maximum atomic E-state index is 10.5. The molecule has 1 saturated heterocycles. The monoisotopic (exact) mass is 465 g/mol. The number of aromatic nitrogens is 3. The molecule has 5 rings (SSSR count). The van der Waals surface area contributed by atoms with Crippen LogP contribution in [-0.2, 0) is 6.54 Å². The van der Waals surface area contributed by atoms with Crippen LogP contribution in [0.1, 0.15) is 10.9 Å². The molecular weight excluding hydrogens is 438 g/mol. The molecule has 1 fully saturated rings. The second-order valence-corrected chi connectivity index (χ2v) is 9.51. The molecule has 0 amide bonds. The van der Waals surface area contributed by atoms with Crippen LogP contribution in [0.25, 0.3) is 21.7 Å². The SMILES string of the molecule is Cc1nc2cc(OC[C@H](O)CN3CCN(Cc4nnc(-c5ccccc5)o4)CC3)ccc2s1. The number of ether oxygens (including phenoxy) is 1. The Kier molecular flexibility index (Phi) is 6.63. The van der Waals surface area contributed by atoms with Gasteiger partial charge >= 0.3 is 0 Å². The van der Waals surface area contributed by atoms with Crippen LogP contribution in [0.4, 0.5) is 0 Å². The fourth-order valence-corrected chi connectivity index (χ4v) is 4.80. The van der Waals surface area contributed by atoms with Gasteiger partial charge in [0.2, 0.25) is 11.8 Å². The van der Waals surface area contributed by atoms with Gasteiger partial charge < -0.3 is 14.3 Å². The van der Waals surface area contributed by atoms with Crippen LogP contribution in [0.2, 0.25) is 0 Å². The lowest BCUT2D eigenvalue weighted by Crippen LogP contribution is -2.48. The first-order chi connectivity index (χ1) is 16.1. The lowest BCUT2D eigenvalue weighted by Gasteiger charge is -2.34. The van der Waals surface area contributed by atoms with Gasteiger partial charge in [0.25, 0.3) is 0 Å². The summed E-state index contributed by atoms with van der Waals surface area (Å²) < 4.78 is 12.8. The highest BCUT2D eigenvalue weighted by molar-refractivity contribution is 7.18. The highest BCUT2D eigenvalue weighted by Gasteiger charge is 2.21. The standard InChI is InChI=1S/C24H27N5O3S/c1-17-25-21-13-20(7-8-22(21)33-17)31-16-19(30)14-28-9-11-29(12-10-28)15-23-26-27-24(32-23)18-5-3-2-4-6-18/h2-8,13,19,30H,9-12,14-16H2,1H3/t19-/m1/s1. The van der Waals surface area contributed by atoms with Crippen molar-refractivity contribution in [3.05, 3.63) is 59.4 Å². The van der Waals surface area contributed by atoms with Gasteiger partial charge in [-0.05, 0) is 31.2 Å². The lowest BCUT2D eigenvalue weighted by atomic mass is 10.2. The molecule has 4 aromatic rings.